The van der Waals surface area contributed by atoms with Crippen LogP contribution >= 0.6 is 0 Å². The van der Waals surface area contributed by atoms with Gasteiger partial charge in [0.05, 0.1) is 6.61 Å². The molecule has 12 heteroatoms. The third-order valence-corrected chi connectivity index (χ3v) is 3.57. The van der Waals surface area contributed by atoms with Gasteiger partial charge in [-0.1, -0.05) is 0 Å². The Bertz CT molecular complexity index is 841. The monoisotopic (exact) mass is 386 g/mol. The van der Waals surface area contributed by atoms with Crippen LogP contribution in [0.5, 0.6) is 0 Å². The van der Waals surface area contributed by atoms with Crippen LogP contribution in [0.15, 0.2) is 21.9 Å². The van der Waals surface area contributed by atoms with Crippen molar-refractivity contribution in [1.82, 2.24) is 9.55 Å². The second-order valence-electron chi connectivity index (χ2n) is 5.67. The summed E-state index contributed by atoms with van der Waals surface area (Å²) >= 11 is 0. The lowest BCUT2D eigenvalue weighted by Gasteiger charge is -2.35. The number of H-pyrrole nitrogens is 1. The number of aromatic nitrogens is 2. The molecule has 1 aliphatic heterocycles. The summed E-state index contributed by atoms with van der Waals surface area (Å²) in [5, 5.41) is 9.59. The maximum Gasteiger partial charge on any atom is 0.342 e. The van der Waals surface area contributed by atoms with E-state index in [0.29, 0.717) is 0 Å². The molecule has 148 valence electrons. The predicted octanol–water partition coefficient (Wildman–Crippen LogP) is -1.82. The largest absolute Gasteiger partial charge is 0.451 e. The summed E-state index contributed by atoms with van der Waals surface area (Å²) in [5.74, 6) is -5.16. The molecule has 0 amide bonds. The molecule has 0 spiro atoms. The van der Waals surface area contributed by atoms with E-state index < -0.39 is 60.0 Å². The van der Waals surface area contributed by atoms with Gasteiger partial charge in [-0.15, -0.1) is 0 Å². The average Bonchev–Trinajstić information content (AvgIpc) is 2.79. The van der Waals surface area contributed by atoms with E-state index in [-0.39, 0.29) is 0 Å². The van der Waals surface area contributed by atoms with E-state index in [0.717, 1.165) is 37.6 Å². The molecule has 1 aromatic heterocycles. The summed E-state index contributed by atoms with van der Waals surface area (Å²) in [4.78, 5) is 60.4. The minimum absolute atomic E-state index is 0.713. The number of carbonyl (C=O) groups is 3. The van der Waals surface area contributed by atoms with Gasteiger partial charge in [0.2, 0.25) is 12.3 Å². The van der Waals surface area contributed by atoms with Crippen LogP contribution in [0.1, 0.15) is 27.0 Å². The van der Waals surface area contributed by atoms with Gasteiger partial charge in [-0.05, 0) is 0 Å². The van der Waals surface area contributed by atoms with E-state index in [4.69, 9.17) is 18.9 Å². The molecule has 2 N–H and O–H groups in total. The van der Waals surface area contributed by atoms with Crippen molar-refractivity contribution in [2.24, 2.45) is 0 Å². The minimum Gasteiger partial charge on any atom is -0.451 e. The summed E-state index contributed by atoms with van der Waals surface area (Å²) in [6, 6.07) is 0.976. The molecule has 0 saturated carbocycles. The number of carbonyl (C=O) groups excluding carboxylic acids is 3. The summed E-state index contributed by atoms with van der Waals surface area (Å²) in [6.45, 7) is 2.31. The topological polar surface area (TPSA) is 163 Å². The molecule has 12 nitrogen and oxygen atoms in total. The van der Waals surface area contributed by atoms with Gasteiger partial charge >= 0.3 is 29.4 Å². The van der Waals surface area contributed by atoms with Gasteiger partial charge in [0.1, 0.15) is 6.10 Å². The smallest absolute Gasteiger partial charge is 0.342 e. The summed E-state index contributed by atoms with van der Waals surface area (Å²) in [6.07, 6.45) is -3.54. The highest BCUT2D eigenvalue weighted by Crippen LogP contribution is 2.43. The fourth-order valence-corrected chi connectivity index (χ4v) is 2.77. The van der Waals surface area contributed by atoms with Gasteiger partial charge in [-0.3, -0.25) is 28.7 Å². The lowest BCUT2D eigenvalue weighted by atomic mass is 10.1. The lowest BCUT2D eigenvalue weighted by molar-refractivity contribution is -0.278. The number of esters is 3. The lowest BCUT2D eigenvalue weighted by Crippen LogP contribution is -2.56. The van der Waals surface area contributed by atoms with E-state index in [9.17, 15) is 29.1 Å². The number of nitrogens with one attached hydrogen (secondary N) is 1. The maximum atomic E-state index is 12.2. The first-order chi connectivity index (χ1) is 12.6. The highest BCUT2D eigenvalue weighted by Gasteiger charge is 2.66. The van der Waals surface area contributed by atoms with Crippen molar-refractivity contribution in [2.75, 3.05) is 6.61 Å². The molecule has 0 radical (unpaired) electrons. The number of hydrogen-bond acceptors (Lipinski definition) is 10. The molecular weight excluding hydrogens is 368 g/mol. The molecule has 2 rings (SSSR count). The van der Waals surface area contributed by atoms with Crippen LogP contribution in [-0.2, 0) is 33.3 Å². The van der Waals surface area contributed by atoms with Crippen LogP contribution in [-0.4, -0.2) is 57.2 Å². The van der Waals surface area contributed by atoms with Gasteiger partial charge in [0.25, 0.3) is 5.56 Å². The zero-order valence-electron chi connectivity index (χ0n) is 14.7. The molecular formula is C15H18N2O10. The van der Waals surface area contributed by atoms with Crippen molar-refractivity contribution in [2.45, 2.75) is 45.0 Å². The van der Waals surface area contributed by atoms with E-state index in [2.05, 4.69) is 0 Å². The van der Waals surface area contributed by atoms with Crippen LogP contribution in [0, 0.1) is 0 Å². The number of nitrogens with zero attached hydrogens (tertiary/aromatic N) is 1. The van der Waals surface area contributed by atoms with E-state index in [1.807, 2.05) is 4.98 Å². The van der Waals surface area contributed by atoms with E-state index >= 15 is 0 Å². The Hall–Kier alpha value is -2.99. The molecule has 1 aliphatic rings. The number of hydrogen-bond donors (Lipinski definition) is 2. The summed E-state index contributed by atoms with van der Waals surface area (Å²) in [5.41, 5.74) is -1.69. The third kappa shape index (κ3) is 4.06. The Kier molecular flexibility index (Phi) is 5.81. The van der Waals surface area contributed by atoms with Gasteiger partial charge in [0.15, 0.2) is 0 Å². The highest BCUT2D eigenvalue weighted by atomic mass is 16.8. The zero-order chi connectivity index (χ0) is 20.4. The summed E-state index contributed by atoms with van der Waals surface area (Å²) < 4.78 is 21.7. The fraction of sp³-hybridized carbons (Fsp3) is 0.533. The average molecular weight is 386 g/mol. The molecule has 2 heterocycles. The second-order valence-corrected chi connectivity index (χ2v) is 5.67. The Labute approximate surface area is 151 Å². The van der Waals surface area contributed by atoms with Gasteiger partial charge in [-0.2, -0.15) is 0 Å². The van der Waals surface area contributed by atoms with Crippen LogP contribution in [0.3, 0.4) is 0 Å². The number of ether oxygens (including phenoxy) is 4. The van der Waals surface area contributed by atoms with Crippen molar-refractivity contribution in [1.29, 1.82) is 0 Å². The Morgan fingerprint density at radius 3 is 2.22 bits per heavy atom. The van der Waals surface area contributed by atoms with Crippen LogP contribution in [0.4, 0.5) is 0 Å². The second kappa shape index (κ2) is 7.72. The molecule has 1 fully saturated rings. The van der Waals surface area contributed by atoms with Crippen molar-refractivity contribution >= 4 is 17.9 Å². The first kappa shape index (κ1) is 20.3. The SMILES string of the molecule is CC(=O)O[C@@H]1[C@@H](CO)O[C@@H](n2ccc(=O)[nH]c2=O)C1(OC(C)=O)OC(C)=O. The van der Waals surface area contributed by atoms with Crippen molar-refractivity contribution < 1.29 is 38.4 Å². The van der Waals surface area contributed by atoms with Crippen LogP contribution < -0.4 is 11.2 Å². The van der Waals surface area contributed by atoms with Crippen LogP contribution in [0.25, 0.3) is 0 Å². The molecule has 1 saturated heterocycles. The maximum absolute atomic E-state index is 12.2. The van der Waals surface area contributed by atoms with E-state index in [1.165, 1.54) is 0 Å². The predicted molar refractivity (Wildman–Crippen MR) is 84.1 cm³/mol. The number of aliphatic hydroxyl groups excluding tert-OH is 1. The zero-order valence-corrected chi connectivity index (χ0v) is 14.7. The van der Waals surface area contributed by atoms with Gasteiger partial charge in [-0.25, -0.2) is 4.79 Å². The highest BCUT2D eigenvalue weighted by molar-refractivity contribution is 5.70. The molecule has 3 atom stereocenters. The number of rotatable bonds is 5. The van der Waals surface area contributed by atoms with Crippen molar-refractivity contribution in [3.05, 3.63) is 33.1 Å². The van der Waals surface area contributed by atoms with Crippen molar-refractivity contribution in [3.63, 3.8) is 0 Å². The van der Waals surface area contributed by atoms with Crippen molar-refractivity contribution in [3.8, 4) is 0 Å². The first-order valence-electron chi connectivity index (χ1n) is 7.75. The first-order valence-corrected chi connectivity index (χ1v) is 7.75. The molecule has 27 heavy (non-hydrogen) atoms. The Morgan fingerprint density at radius 1 is 1.19 bits per heavy atom. The molecule has 0 aromatic carbocycles. The van der Waals surface area contributed by atoms with Gasteiger partial charge < -0.3 is 24.1 Å². The van der Waals surface area contributed by atoms with Gasteiger partial charge in [0, 0.05) is 33.0 Å². The molecule has 0 aliphatic carbocycles. The van der Waals surface area contributed by atoms with Crippen LogP contribution in [0.2, 0.25) is 0 Å². The Morgan fingerprint density at radius 2 is 1.78 bits per heavy atom. The standard InChI is InChI=1S/C15H18N2O10/c1-7(19)24-12-10(6-18)25-13(17-5-4-11(22)16-14(17)23)15(12,26-8(2)20)27-9(3)21/h4-5,10,12-13,18H,6H2,1-3H3,(H,16,22,23)/t10-,12-,13-/m1/s1. The quantitative estimate of drug-likeness (QED) is 0.435. The minimum atomic E-state index is -2.42. The number of aliphatic hydroxyl groups is 1. The fourth-order valence-electron chi connectivity index (χ4n) is 2.77. The molecule has 0 unspecified atom stereocenters. The third-order valence-electron chi connectivity index (χ3n) is 3.57. The van der Waals surface area contributed by atoms with E-state index in [1.54, 1.807) is 0 Å². The Balaban J connectivity index is 2.71. The molecule has 1 aromatic rings. The number of aromatic amines is 1. The molecule has 0 bridgehead atoms. The normalized spacial score (nSPS) is 23.5. The summed E-state index contributed by atoms with van der Waals surface area (Å²) in [7, 11) is 0.